The molecule has 1 fully saturated rings. The summed E-state index contributed by atoms with van der Waals surface area (Å²) in [5.74, 6) is 0.859. The Balaban J connectivity index is 1.52. The average Bonchev–Trinajstić information content (AvgIpc) is 2.79. The van der Waals surface area contributed by atoms with Crippen molar-refractivity contribution < 1.29 is 18.6 Å². The lowest BCUT2D eigenvalue weighted by atomic mass is 10.1. The lowest BCUT2D eigenvalue weighted by molar-refractivity contribution is 0.203. The van der Waals surface area contributed by atoms with E-state index in [0.717, 1.165) is 13.0 Å². The molecule has 2 N–H and O–H groups in total. The van der Waals surface area contributed by atoms with Crippen LogP contribution in [0.5, 0.6) is 23.1 Å². The van der Waals surface area contributed by atoms with Gasteiger partial charge in [-0.1, -0.05) is 6.42 Å². The van der Waals surface area contributed by atoms with Crippen LogP contribution in [0.3, 0.4) is 0 Å². The lowest BCUT2D eigenvalue weighted by Gasteiger charge is -2.26. The van der Waals surface area contributed by atoms with Gasteiger partial charge < -0.3 is 24.8 Å². The smallest absolute Gasteiger partial charge is 0.230 e. The number of anilines is 1. The normalized spacial score (nSPS) is 14.5. The monoisotopic (exact) mass is 426 g/mol. The molecule has 3 aromatic rings. The number of nitrogens with two attached hydrogens (primary N) is 1. The Labute approximate surface area is 180 Å². The molecule has 0 unspecified atom stereocenters. The number of aromatic nitrogens is 2. The number of fused-ring (bicyclic) bond motifs is 1. The molecule has 1 aliphatic rings. The maximum absolute atomic E-state index is 14.2. The maximum atomic E-state index is 14.2. The second-order valence-electron chi connectivity index (χ2n) is 7.60. The molecule has 1 aliphatic heterocycles. The number of nitrogens with zero attached hydrogens (tertiary/aromatic N) is 3. The van der Waals surface area contributed by atoms with Crippen LogP contribution < -0.4 is 19.9 Å². The first-order valence-corrected chi connectivity index (χ1v) is 10.5. The molecule has 1 saturated heterocycles. The molecule has 8 heteroatoms. The fourth-order valence-corrected chi connectivity index (χ4v) is 3.75. The van der Waals surface area contributed by atoms with E-state index >= 15 is 0 Å². The Morgan fingerprint density at radius 3 is 2.65 bits per heavy atom. The molecule has 7 nitrogen and oxygen atoms in total. The molecule has 4 rings (SSSR count). The number of piperidine rings is 1. The summed E-state index contributed by atoms with van der Waals surface area (Å²) >= 11 is 0. The van der Waals surface area contributed by atoms with E-state index in [1.807, 2.05) is 0 Å². The molecule has 0 aliphatic carbocycles. The third-order valence-corrected chi connectivity index (χ3v) is 5.37. The highest BCUT2D eigenvalue weighted by molar-refractivity contribution is 5.87. The van der Waals surface area contributed by atoms with Gasteiger partial charge in [0.2, 0.25) is 5.88 Å². The van der Waals surface area contributed by atoms with E-state index in [1.54, 1.807) is 25.3 Å². The molecule has 31 heavy (non-hydrogen) atoms. The van der Waals surface area contributed by atoms with Crippen molar-refractivity contribution in [3.63, 3.8) is 0 Å². The minimum Gasteiger partial charge on any atom is -0.493 e. The van der Waals surface area contributed by atoms with Crippen LogP contribution in [0.25, 0.3) is 10.9 Å². The first kappa shape index (κ1) is 21.1. The average molecular weight is 426 g/mol. The van der Waals surface area contributed by atoms with Crippen molar-refractivity contribution in [2.45, 2.75) is 25.7 Å². The minimum absolute atomic E-state index is 0.0361. The molecule has 0 bridgehead atoms. The summed E-state index contributed by atoms with van der Waals surface area (Å²) in [4.78, 5) is 10.9. The second-order valence-corrected chi connectivity index (χ2v) is 7.60. The zero-order valence-electron chi connectivity index (χ0n) is 17.6. The number of ether oxygens (including phenoxy) is 3. The molecular formula is C23H27FN4O3. The highest BCUT2D eigenvalue weighted by Gasteiger charge is 2.15. The van der Waals surface area contributed by atoms with Gasteiger partial charge in [-0.25, -0.2) is 14.4 Å². The van der Waals surface area contributed by atoms with Crippen molar-refractivity contribution in [3.05, 3.63) is 42.5 Å². The van der Waals surface area contributed by atoms with Gasteiger partial charge in [-0.3, -0.25) is 0 Å². The summed E-state index contributed by atoms with van der Waals surface area (Å²) in [5.41, 5.74) is 6.55. The van der Waals surface area contributed by atoms with E-state index in [2.05, 4.69) is 14.9 Å². The Morgan fingerprint density at radius 2 is 1.87 bits per heavy atom. The number of nitrogen functional groups attached to an aromatic ring is 1. The molecular weight excluding hydrogens is 399 g/mol. The Bertz CT molecular complexity index is 1040. The zero-order valence-corrected chi connectivity index (χ0v) is 17.6. The molecule has 164 valence electrons. The summed E-state index contributed by atoms with van der Waals surface area (Å²) in [6.45, 7) is 3.91. The van der Waals surface area contributed by atoms with Gasteiger partial charge in [0, 0.05) is 24.4 Å². The van der Waals surface area contributed by atoms with E-state index in [0.29, 0.717) is 34.7 Å². The van der Waals surface area contributed by atoms with Crippen LogP contribution in [0, 0.1) is 5.82 Å². The van der Waals surface area contributed by atoms with Gasteiger partial charge in [0.05, 0.1) is 24.6 Å². The number of likely N-dealkylation sites (tertiary alicyclic amines) is 1. The molecule has 2 heterocycles. The second kappa shape index (κ2) is 9.78. The predicted molar refractivity (Wildman–Crippen MR) is 117 cm³/mol. The van der Waals surface area contributed by atoms with E-state index in [4.69, 9.17) is 19.9 Å². The number of rotatable bonds is 8. The largest absolute Gasteiger partial charge is 0.493 e. The third-order valence-electron chi connectivity index (χ3n) is 5.37. The van der Waals surface area contributed by atoms with Gasteiger partial charge >= 0.3 is 0 Å². The van der Waals surface area contributed by atoms with Crippen molar-refractivity contribution in [1.82, 2.24) is 14.9 Å². The molecule has 0 radical (unpaired) electrons. The summed E-state index contributed by atoms with van der Waals surface area (Å²) in [7, 11) is 1.59. The van der Waals surface area contributed by atoms with Crippen LogP contribution in [0.1, 0.15) is 25.7 Å². The third kappa shape index (κ3) is 5.14. The Kier molecular flexibility index (Phi) is 6.66. The Hall–Kier alpha value is -3.13. The lowest BCUT2D eigenvalue weighted by Crippen LogP contribution is -2.31. The number of halogens is 1. The molecule has 0 spiro atoms. The number of methoxy groups -OCH3 is 1. The van der Waals surface area contributed by atoms with Gasteiger partial charge in [-0.15, -0.1) is 0 Å². The fraction of sp³-hybridized carbons (Fsp3) is 0.391. The topological polar surface area (TPSA) is 82.7 Å². The summed E-state index contributed by atoms with van der Waals surface area (Å²) in [6, 6.07) is 7.79. The standard InChI is InChI=1S/C23H27FN4O3/c1-29-21-14-19-17(13-22(21)30-11-5-10-28-8-3-2-4-9-28)23(27-15-26-19)31-20-7-6-16(25)12-18(20)24/h6-7,12-15H,2-5,8-11,25H2,1H3. The van der Waals surface area contributed by atoms with Crippen LogP contribution in [-0.2, 0) is 0 Å². The van der Waals surface area contributed by atoms with E-state index in [-0.39, 0.29) is 11.6 Å². The number of benzene rings is 2. The molecule has 0 amide bonds. The maximum Gasteiger partial charge on any atom is 0.230 e. The van der Waals surface area contributed by atoms with Crippen LogP contribution >= 0.6 is 0 Å². The van der Waals surface area contributed by atoms with Gasteiger partial charge in [0.25, 0.3) is 0 Å². The first-order chi connectivity index (χ1) is 15.1. The summed E-state index contributed by atoms with van der Waals surface area (Å²) < 4.78 is 31.4. The van der Waals surface area contributed by atoms with Crippen LogP contribution in [0.4, 0.5) is 10.1 Å². The Morgan fingerprint density at radius 1 is 1.03 bits per heavy atom. The van der Waals surface area contributed by atoms with Gasteiger partial charge in [-0.2, -0.15) is 0 Å². The van der Waals surface area contributed by atoms with E-state index in [1.165, 1.54) is 50.8 Å². The quantitative estimate of drug-likeness (QED) is 0.422. The minimum atomic E-state index is -0.561. The fourth-order valence-electron chi connectivity index (χ4n) is 3.75. The molecule has 0 atom stereocenters. The molecule has 0 saturated carbocycles. The first-order valence-electron chi connectivity index (χ1n) is 10.5. The summed E-state index contributed by atoms with van der Waals surface area (Å²) in [5, 5.41) is 0.602. The van der Waals surface area contributed by atoms with Gasteiger partial charge in [0.15, 0.2) is 23.1 Å². The van der Waals surface area contributed by atoms with E-state index in [9.17, 15) is 4.39 Å². The van der Waals surface area contributed by atoms with Crippen molar-refractivity contribution in [2.75, 3.05) is 39.1 Å². The van der Waals surface area contributed by atoms with Crippen molar-refractivity contribution in [1.29, 1.82) is 0 Å². The number of hydrogen-bond donors (Lipinski definition) is 1. The van der Waals surface area contributed by atoms with Gasteiger partial charge in [0.1, 0.15) is 6.33 Å². The highest BCUT2D eigenvalue weighted by atomic mass is 19.1. The highest BCUT2D eigenvalue weighted by Crippen LogP contribution is 2.36. The summed E-state index contributed by atoms with van der Waals surface area (Å²) in [6.07, 6.45) is 6.17. The van der Waals surface area contributed by atoms with E-state index < -0.39 is 5.82 Å². The molecule has 1 aromatic heterocycles. The van der Waals surface area contributed by atoms with Crippen LogP contribution in [0.15, 0.2) is 36.7 Å². The van der Waals surface area contributed by atoms with Gasteiger partial charge in [-0.05, 0) is 50.6 Å². The zero-order chi connectivity index (χ0) is 21.6. The van der Waals surface area contributed by atoms with Crippen molar-refractivity contribution >= 4 is 16.6 Å². The predicted octanol–water partition coefficient (Wildman–Crippen LogP) is 4.41. The van der Waals surface area contributed by atoms with Crippen LogP contribution in [-0.4, -0.2) is 48.2 Å². The van der Waals surface area contributed by atoms with Crippen molar-refractivity contribution in [2.24, 2.45) is 0 Å². The number of hydrogen-bond acceptors (Lipinski definition) is 7. The molecule has 2 aromatic carbocycles. The SMILES string of the molecule is COc1cc2ncnc(Oc3ccc(N)cc3F)c2cc1OCCCN1CCCCC1. The van der Waals surface area contributed by atoms with Crippen LogP contribution in [0.2, 0.25) is 0 Å². The van der Waals surface area contributed by atoms with Crippen molar-refractivity contribution in [3.8, 4) is 23.1 Å².